The predicted molar refractivity (Wildman–Crippen MR) is 62.2 cm³/mol. The third kappa shape index (κ3) is 2.31. The average molecular weight is 293 g/mol. The van der Waals surface area contributed by atoms with Crippen LogP contribution in [0.2, 0.25) is 0 Å². The molecule has 1 fully saturated rings. The smallest absolute Gasteiger partial charge is 0.340 e. The van der Waals surface area contributed by atoms with Crippen LogP contribution < -0.4 is 0 Å². The summed E-state index contributed by atoms with van der Waals surface area (Å²) in [5.74, 6) is -0.839. The molecule has 2 N–H and O–H groups in total. The summed E-state index contributed by atoms with van der Waals surface area (Å²) in [7, 11) is -4.92. The van der Waals surface area contributed by atoms with Crippen LogP contribution >= 0.6 is 0 Å². The average Bonchev–Trinajstić information content (AvgIpc) is 2.79. The highest BCUT2D eigenvalue weighted by Gasteiger charge is 2.33. The van der Waals surface area contributed by atoms with Crippen LogP contribution in [0.1, 0.15) is 10.4 Å². The van der Waals surface area contributed by atoms with E-state index >= 15 is 0 Å². The van der Waals surface area contributed by atoms with Crippen LogP contribution in [0.25, 0.3) is 0 Å². The number of rotatable bonds is 3. The van der Waals surface area contributed by atoms with Crippen LogP contribution in [0.15, 0.2) is 11.2 Å². The number of nitrogens with one attached hydrogen (secondary N) is 1. The third-order valence-corrected chi connectivity index (χ3v) is 5.72. The molecule has 2 heterocycles. The molecule has 0 spiro atoms. The monoisotopic (exact) mass is 293 g/mol. The second-order valence-electron chi connectivity index (χ2n) is 3.67. The number of aromatic amines is 1. The molecule has 1 aromatic heterocycles. The maximum Gasteiger partial charge on any atom is 0.340 e. The largest absolute Gasteiger partial charge is 0.478 e. The zero-order chi connectivity index (χ0) is 13.3. The summed E-state index contributed by atoms with van der Waals surface area (Å²) in [5.41, 5.74) is -0.387. The first kappa shape index (κ1) is 13.2. The van der Waals surface area contributed by atoms with Gasteiger partial charge in [-0.25, -0.2) is 13.2 Å². The molecular weight excluding hydrogens is 282 g/mol. The van der Waals surface area contributed by atoms with Gasteiger partial charge in [-0.2, -0.15) is 9.40 Å². The van der Waals surface area contributed by atoms with Gasteiger partial charge in [0.15, 0.2) is 5.03 Å². The number of aromatic carboxylic acids is 1. The Morgan fingerprint density at radius 2 is 2.06 bits per heavy atom. The first-order chi connectivity index (χ1) is 8.43. The normalized spacial score (nSPS) is 18.9. The van der Waals surface area contributed by atoms with Gasteiger partial charge >= 0.3 is 5.97 Å². The van der Waals surface area contributed by atoms with Gasteiger partial charge in [0.25, 0.3) is 10.0 Å². The Morgan fingerprint density at radius 1 is 1.44 bits per heavy atom. The van der Waals surface area contributed by atoms with E-state index in [0.29, 0.717) is 0 Å². The Morgan fingerprint density at radius 3 is 2.61 bits per heavy atom. The molecule has 0 aliphatic carbocycles. The highest BCUT2D eigenvalue weighted by Crippen LogP contribution is 2.19. The van der Waals surface area contributed by atoms with Crippen LogP contribution in [0.5, 0.6) is 0 Å². The minimum absolute atomic E-state index is 0.118. The lowest BCUT2D eigenvalue weighted by molar-refractivity contribution is 0.0692. The van der Waals surface area contributed by atoms with E-state index in [-0.39, 0.29) is 30.2 Å². The minimum Gasteiger partial charge on any atom is -0.478 e. The maximum atomic E-state index is 12.2. The zero-order valence-corrected chi connectivity index (χ0v) is 10.8. The summed E-state index contributed by atoms with van der Waals surface area (Å²) >= 11 is 0. The molecule has 0 radical (unpaired) electrons. The molecule has 0 saturated carbocycles. The summed E-state index contributed by atoms with van der Waals surface area (Å²) < 4.78 is 36.6. The lowest BCUT2D eigenvalue weighted by Gasteiger charge is -2.24. The summed E-state index contributed by atoms with van der Waals surface area (Å²) in [6.45, 7) is 0.236. The van der Waals surface area contributed by atoms with Crippen LogP contribution in [0.3, 0.4) is 0 Å². The van der Waals surface area contributed by atoms with Crippen molar-refractivity contribution in [3.05, 3.63) is 11.8 Å². The number of hydrogen-bond acceptors (Lipinski definition) is 5. The molecule has 0 unspecified atom stereocenters. The van der Waals surface area contributed by atoms with Gasteiger partial charge in [-0.1, -0.05) is 0 Å². The highest BCUT2D eigenvalue weighted by atomic mass is 32.2. The topological polar surface area (TPSA) is 120 Å². The number of aromatic nitrogens is 2. The molecular formula is C8H11N3O5S2. The van der Waals surface area contributed by atoms with Crippen LogP contribution in [-0.4, -0.2) is 62.8 Å². The standard InChI is InChI=1S/C8H11N3O5S2/c12-8(13)6-5-9-10-7(6)18(15,16)11-1-3-17(14)4-2-11/h5H,1-4H2,(H,9,10)(H,12,13). The molecule has 10 heteroatoms. The predicted octanol–water partition coefficient (Wildman–Crippen LogP) is -1.14. The summed E-state index contributed by atoms with van der Waals surface area (Å²) in [6.07, 6.45) is 0.956. The highest BCUT2D eigenvalue weighted by molar-refractivity contribution is 7.89. The van der Waals surface area contributed by atoms with Crippen molar-refractivity contribution in [3.63, 3.8) is 0 Å². The van der Waals surface area contributed by atoms with E-state index in [1.807, 2.05) is 0 Å². The molecule has 1 aliphatic rings. The van der Waals surface area contributed by atoms with Gasteiger partial charge in [0.2, 0.25) is 0 Å². The number of H-pyrrole nitrogens is 1. The molecule has 1 aromatic rings. The van der Waals surface area contributed by atoms with Crippen LogP contribution in [0.4, 0.5) is 0 Å². The van der Waals surface area contributed by atoms with E-state index in [1.54, 1.807) is 0 Å². The number of carboxylic acids is 1. The summed E-state index contributed by atoms with van der Waals surface area (Å²) in [5, 5.41) is 14.1. The lowest BCUT2D eigenvalue weighted by Crippen LogP contribution is -2.42. The van der Waals surface area contributed by atoms with Crippen LogP contribution in [0, 0.1) is 0 Å². The molecule has 1 aliphatic heterocycles. The van der Waals surface area contributed by atoms with Crippen molar-refractivity contribution in [1.29, 1.82) is 0 Å². The van der Waals surface area contributed by atoms with Gasteiger partial charge in [-0.3, -0.25) is 9.31 Å². The van der Waals surface area contributed by atoms with E-state index in [4.69, 9.17) is 5.11 Å². The SMILES string of the molecule is O=C(O)c1cn[nH]c1S(=O)(=O)N1CCS(=O)CC1. The second kappa shape index (κ2) is 4.78. The number of carbonyl (C=O) groups is 1. The van der Waals surface area contributed by atoms with E-state index in [9.17, 15) is 17.4 Å². The Hall–Kier alpha value is -1.26. The van der Waals surface area contributed by atoms with Crippen molar-refractivity contribution < 1.29 is 22.5 Å². The molecule has 0 bridgehead atoms. The molecule has 2 rings (SSSR count). The van der Waals surface area contributed by atoms with Crippen molar-refractivity contribution >= 4 is 26.8 Å². The summed E-state index contributed by atoms with van der Waals surface area (Å²) in [4.78, 5) is 10.9. The number of nitrogens with zero attached hydrogens (tertiary/aromatic N) is 2. The number of hydrogen-bond donors (Lipinski definition) is 2. The van der Waals surface area contributed by atoms with Gasteiger partial charge in [0, 0.05) is 35.4 Å². The number of carboxylic acid groups (broad SMARTS) is 1. The molecule has 0 aromatic carbocycles. The third-order valence-electron chi connectivity index (χ3n) is 2.57. The Labute approximate surface area is 105 Å². The van der Waals surface area contributed by atoms with Crippen molar-refractivity contribution in [2.75, 3.05) is 24.6 Å². The summed E-state index contributed by atoms with van der Waals surface area (Å²) in [6, 6.07) is 0. The molecule has 18 heavy (non-hydrogen) atoms. The molecule has 0 atom stereocenters. The van der Waals surface area contributed by atoms with Crippen molar-refractivity contribution in [2.24, 2.45) is 0 Å². The van der Waals surface area contributed by atoms with Gasteiger partial charge < -0.3 is 5.11 Å². The van der Waals surface area contributed by atoms with Gasteiger partial charge in [-0.05, 0) is 0 Å². The maximum absolute atomic E-state index is 12.2. The first-order valence-corrected chi connectivity index (χ1v) is 7.97. The lowest BCUT2D eigenvalue weighted by atomic mass is 10.4. The van der Waals surface area contributed by atoms with Crippen molar-refractivity contribution in [2.45, 2.75) is 5.03 Å². The van der Waals surface area contributed by atoms with E-state index < -0.39 is 31.8 Å². The minimum atomic E-state index is -3.92. The first-order valence-electron chi connectivity index (χ1n) is 5.04. The van der Waals surface area contributed by atoms with Crippen molar-refractivity contribution in [3.8, 4) is 0 Å². The Balaban J connectivity index is 2.33. The second-order valence-corrected chi connectivity index (χ2v) is 7.24. The van der Waals surface area contributed by atoms with Crippen molar-refractivity contribution in [1.82, 2.24) is 14.5 Å². The fraction of sp³-hybridized carbons (Fsp3) is 0.500. The zero-order valence-electron chi connectivity index (χ0n) is 9.20. The van der Waals surface area contributed by atoms with Crippen LogP contribution in [-0.2, 0) is 20.8 Å². The quantitative estimate of drug-likeness (QED) is 0.727. The van der Waals surface area contributed by atoms with Gasteiger partial charge in [0.05, 0.1) is 6.20 Å². The van der Waals surface area contributed by atoms with E-state index in [1.165, 1.54) is 0 Å². The van der Waals surface area contributed by atoms with Gasteiger partial charge in [0.1, 0.15) is 5.56 Å². The fourth-order valence-corrected chi connectivity index (χ4v) is 4.40. The molecule has 100 valence electrons. The Kier molecular flexibility index (Phi) is 3.50. The molecule has 1 saturated heterocycles. The fourth-order valence-electron chi connectivity index (χ4n) is 1.61. The van der Waals surface area contributed by atoms with Gasteiger partial charge in [-0.15, -0.1) is 0 Å². The van der Waals surface area contributed by atoms with E-state index in [2.05, 4.69) is 10.2 Å². The molecule has 8 nitrogen and oxygen atoms in total. The molecule has 0 amide bonds. The number of sulfonamides is 1. The Bertz CT molecular complexity index is 584. The van der Waals surface area contributed by atoms with E-state index in [0.717, 1.165) is 10.5 Å².